The maximum Gasteiger partial charge on any atom is 0.339 e. The molecule has 176 valence electrons. The molecule has 6 unspecified atom stereocenters. The van der Waals surface area contributed by atoms with Crippen LogP contribution in [0.5, 0.6) is 17.2 Å². The third-order valence-electron chi connectivity index (χ3n) is 6.36. The molecule has 12 heteroatoms. The molecule has 0 aliphatic carbocycles. The minimum atomic E-state index is -1.61. The fraction of sp³-hybridized carbons (Fsp3) is 0.600. The van der Waals surface area contributed by atoms with Crippen molar-refractivity contribution in [3.05, 3.63) is 16.7 Å². The summed E-state index contributed by atoms with van der Waals surface area (Å²) in [4.78, 5) is 26.1. The summed E-state index contributed by atoms with van der Waals surface area (Å²) >= 11 is 0. The van der Waals surface area contributed by atoms with Gasteiger partial charge in [-0.3, -0.25) is 9.69 Å². The molecule has 0 saturated carbocycles. The largest absolute Gasteiger partial charge is 0.504 e. The third-order valence-corrected chi connectivity index (χ3v) is 6.36. The quantitative estimate of drug-likeness (QED) is 0.293. The third kappa shape index (κ3) is 3.35. The molecule has 6 atom stereocenters. The number of benzene rings is 1. The summed E-state index contributed by atoms with van der Waals surface area (Å²) in [7, 11) is 1.19. The zero-order chi connectivity index (χ0) is 23.3. The van der Waals surface area contributed by atoms with Gasteiger partial charge in [0, 0.05) is 17.7 Å². The Morgan fingerprint density at radius 2 is 1.94 bits per heavy atom. The maximum absolute atomic E-state index is 12.9. The predicted molar refractivity (Wildman–Crippen MR) is 103 cm³/mol. The number of aromatic hydroxyl groups is 2. The lowest BCUT2D eigenvalue weighted by Gasteiger charge is -2.45. The number of nitrogens with zero attached hydrogens (tertiary/aromatic N) is 1. The minimum Gasteiger partial charge on any atom is -0.504 e. The number of rotatable bonds is 5. The van der Waals surface area contributed by atoms with Crippen molar-refractivity contribution in [1.29, 1.82) is 0 Å². The van der Waals surface area contributed by atoms with E-state index in [1.165, 1.54) is 7.11 Å². The molecule has 0 radical (unpaired) electrons. The monoisotopic (exact) mass is 455 g/mol. The van der Waals surface area contributed by atoms with E-state index in [9.17, 15) is 40.2 Å². The Kier molecular flexibility index (Phi) is 5.90. The van der Waals surface area contributed by atoms with Crippen LogP contribution in [0.1, 0.15) is 40.4 Å². The molecular weight excluding hydrogens is 430 g/mol. The second kappa shape index (κ2) is 8.37. The smallest absolute Gasteiger partial charge is 0.339 e. The van der Waals surface area contributed by atoms with Gasteiger partial charge in [-0.15, -0.1) is 0 Å². The van der Waals surface area contributed by atoms with E-state index >= 15 is 0 Å². The van der Waals surface area contributed by atoms with Crippen LogP contribution < -0.4 is 4.74 Å². The summed E-state index contributed by atoms with van der Waals surface area (Å²) in [5, 5.41) is 61.2. The van der Waals surface area contributed by atoms with Crippen molar-refractivity contribution in [3.8, 4) is 17.2 Å². The highest BCUT2D eigenvalue weighted by atomic mass is 16.6. The zero-order valence-corrected chi connectivity index (χ0v) is 17.2. The van der Waals surface area contributed by atoms with Crippen LogP contribution in [0.4, 0.5) is 0 Å². The number of esters is 1. The van der Waals surface area contributed by atoms with E-state index in [1.54, 1.807) is 4.90 Å². The van der Waals surface area contributed by atoms with E-state index in [1.807, 2.05) is 0 Å². The molecule has 2 saturated heterocycles. The molecule has 0 bridgehead atoms. The van der Waals surface area contributed by atoms with Gasteiger partial charge in [-0.25, -0.2) is 4.79 Å². The number of fused-ring (bicyclic) bond motifs is 3. The van der Waals surface area contributed by atoms with Gasteiger partial charge < -0.3 is 44.8 Å². The summed E-state index contributed by atoms with van der Waals surface area (Å²) in [6.07, 6.45) is -6.05. The Hall–Kier alpha value is -2.64. The van der Waals surface area contributed by atoms with Crippen LogP contribution >= 0.6 is 0 Å². The summed E-state index contributed by atoms with van der Waals surface area (Å²) in [6, 6.07) is -0.820. The van der Waals surface area contributed by atoms with Crippen LogP contribution in [0.15, 0.2) is 0 Å². The van der Waals surface area contributed by atoms with Gasteiger partial charge in [0.05, 0.1) is 19.3 Å². The Morgan fingerprint density at radius 3 is 2.56 bits per heavy atom. The first kappa shape index (κ1) is 22.6. The van der Waals surface area contributed by atoms with Gasteiger partial charge in [-0.1, -0.05) is 0 Å². The van der Waals surface area contributed by atoms with Crippen LogP contribution in [0.25, 0.3) is 0 Å². The lowest BCUT2D eigenvalue weighted by atomic mass is 9.84. The molecule has 3 aliphatic heterocycles. The van der Waals surface area contributed by atoms with Crippen molar-refractivity contribution >= 4 is 11.9 Å². The van der Waals surface area contributed by atoms with Crippen molar-refractivity contribution in [2.75, 3.05) is 20.3 Å². The number of aliphatic carboxylic acids is 1. The van der Waals surface area contributed by atoms with Gasteiger partial charge in [-0.2, -0.15) is 0 Å². The number of carboxylic acids is 1. The molecule has 0 amide bonds. The van der Waals surface area contributed by atoms with Crippen LogP contribution in [0.3, 0.4) is 0 Å². The maximum atomic E-state index is 12.9. The summed E-state index contributed by atoms with van der Waals surface area (Å²) in [6.45, 7) is -0.395. The number of carbonyl (C=O) groups excluding carboxylic acids is 1. The standard InChI is InChI=1S/C20H25NO11/c1-30-17-12(23)7(5-21-4-2-3-8(21)19(27)28)10-11(14(17)25)16-18(32-20(10)29)15(26)13(24)9(6-22)31-16/h8-9,13,15-16,18,22-26H,2-6H2,1H3,(H,27,28). The number of ether oxygens (including phenoxy) is 3. The van der Waals surface area contributed by atoms with Crippen LogP contribution in [0.2, 0.25) is 0 Å². The molecule has 6 N–H and O–H groups in total. The first-order chi connectivity index (χ1) is 15.2. The Labute approximate surface area is 182 Å². The van der Waals surface area contributed by atoms with Crippen molar-refractivity contribution in [1.82, 2.24) is 4.90 Å². The fourth-order valence-electron chi connectivity index (χ4n) is 4.76. The number of aliphatic hydroxyl groups excluding tert-OH is 3. The molecule has 4 rings (SSSR count). The van der Waals surface area contributed by atoms with E-state index in [-0.39, 0.29) is 29.0 Å². The number of aliphatic hydroxyl groups is 3. The van der Waals surface area contributed by atoms with Crippen molar-refractivity contribution < 1.29 is 54.4 Å². The van der Waals surface area contributed by atoms with Crippen LogP contribution in [0, 0.1) is 0 Å². The van der Waals surface area contributed by atoms with Crippen molar-refractivity contribution in [2.45, 2.75) is 55.9 Å². The van der Waals surface area contributed by atoms with Gasteiger partial charge in [0.15, 0.2) is 17.6 Å². The van der Waals surface area contributed by atoms with Crippen LogP contribution in [-0.2, 0) is 20.8 Å². The number of phenolic OH excluding ortho intramolecular Hbond substituents is 2. The molecule has 3 aliphatic rings. The van der Waals surface area contributed by atoms with Gasteiger partial charge in [0.1, 0.15) is 30.5 Å². The van der Waals surface area contributed by atoms with Gasteiger partial charge >= 0.3 is 11.9 Å². The fourth-order valence-corrected chi connectivity index (χ4v) is 4.76. The second-order valence-corrected chi connectivity index (χ2v) is 8.09. The molecule has 12 nitrogen and oxygen atoms in total. The molecule has 2 fully saturated rings. The van der Waals surface area contributed by atoms with E-state index in [4.69, 9.17) is 14.2 Å². The minimum absolute atomic E-state index is 0.0176. The first-order valence-electron chi connectivity index (χ1n) is 10.2. The topological polar surface area (TPSA) is 186 Å². The number of likely N-dealkylation sites (tertiary alicyclic amines) is 1. The van der Waals surface area contributed by atoms with E-state index in [0.29, 0.717) is 19.4 Å². The Morgan fingerprint density at radius 1 is 1.22 bits per heavy atom. The number of hydrogen-bond donors (Lipinski definition) is 6. The number of hydrogen-bond acceptors (Lipinski definition) is 11. The number of methoxy groups -OCH3 is 1. The first-order valence-corrected chi connectivity index (χ1v) is 10.2. The predicted octanol–water partition coefficient (Wildman–Crippen LogP) is -1.15. The van der Waals surface area contributed by atoms with E-state index < -0.39 is 66.6 Å². The highest BCUT2D eigenvalue weighted by molar-refractivity contribution is 5.97. The average molecular weight is 455 g/mol. The SMILES string of the molecule is COc1c(O)c(CN2CCCC2C(=O)O)c2c(c1O)C1OC(CO)C(O)C(O)C1OC2=O. The van der Waals surface area contributed by atoms with E-state index in [2.05, 4.69) is 0 Å². The zero-order valence-electron chi connectivity index (χ0n) is 17.2. The molecular formula is C20H25NO11. The Balaban J connectivity index is 1.86. The average Bonchev–Trinajstić information content (AvgIpc) is 3.22. The molecule has 32 heavy (non-hydrogen) atoms. The van der Waals surface area contributed by atoms with Gasteiger partial charge in [0.2, 0.25) is 5.75 Å². The summed E-state index contributed by atoms with van der Waals surface area (Å²) in [5.74, 6) is -3.56. The Bertz CT molecular complexity index is 935. The number of phenols is 2. The highest BCUT2D eigenvalue weighted by Gasteiger charge is 2.53. The number of carboxylic acid groups (broad SMARTS) is 1. The lowest BCUT2D eigenvalue weighted by Crippen LogP contribution is -2.58. The molecule has 1 aromatic rings. The lowest BCUT2D eigenvalue weighted by molar-refractivity contribution is -0.235. The van der Waals surface area contributed by atoms with Gasteiger partial charge in [0.25, 0.3) is 0 Å². The molecule has 1 aromatic carbocycles. The molecule has 0 spiro atoms. The summed E-state index contributed by atoms with van der Waals surface area (Å²) < 4.78 is 16.1. The van der Waals surface area contributed by atoms with Crippen molar-refractivity contribution in [3.63, 3.8) is 0 Å². The highest BCUT2D eigenvalue weighted by Crippen LogP contribution is 2.52. The second-order valence-electron chi connectivity index (χ2n) is 8.09. The normalized spacial score (nSPS) is 32.2. The van der Waals surface area contributed by atoms with Gasteiger partial charge in [-0.05, 0) is 19.4 Å². The van der Waals surface area contributed by atoms with Crippen LogP contribution in [-0.4, -0.2) is 98.2 Å². The van der Waals surface area contributed by atoms with E-state index in [0.717, 1.165) is 0 Å². The molecule has 0 aromatic heterocycles. The van der Waals surface area contributed by atoms with Crippen molar-refractivity contribution in [2.24, 2.45) is 0 Å². The summed E-state index contributed by atoms with van der Waals surface area (Å²) in [5.41, 5.74) is -0.388. The number of carbonyl (C=O) groups is 2. The molecule has 3 heterocycles.